The number of hydrogen-bond acceptors (Lipinski definition) is 0. The van der Waals surface area contributed by atoms with Gasteiger partial charge in [-0.05, 0) is 6.04 Å². The van der Waals surface area contributed by atoms with Crippen molar-refractivity contribution in [3.05, 3.63) is 0 Å². The number of rotatable bonds is 20. The minimum Gasteiger partial charge on any atom is -0.126 e. The summed E-state index contributed by atoms with van der Waals surface area (Å²) in [6.45, 7) is 7.52. The highest BCUT2D eigenvalue weighted by Gasteiger charge is 2.23. The molecule has 0 saturated carbocycles. The van der Waals surface area contributed by atoms with E-state index in [1.807, 2.05) is 0 Å². The molecule has 0 N–H and O–H groups in total. The summed E-state index contributed by atoms with van der Waals surface area (Å²) in [6, 6.07) is 1.56. The van der Waals surface area contributed by atoms with Gasteiger partial charge in [-0.25, -0.2) is 0 Å². The van der Waals surface area contributed by atoms with Gasteiger partial charge in [-0.15, -0.1) is 33.2 Å². The summed E-state index contributed by atoms with van der Waals surface area (Å²) in [5.74, 6) is 0. The third-order valence-electron chi connectivity index (χ3n) is 5.77. The number of hydrogen-bond donors (Lipinski definition) is 0. The molecule has 0 atom stereocenters. The summed E-state index contributed by atoms with van der Waals surface area (Å²) >= 11 is 17.7. The Hall–Kier alpha value is 1.30. The van der Waals surface area contributed by atoms with E-state index in [1.165, 1.54) is 102 Å². The van der Waals surface area contributed by atoms with Crippen molar-refractivity contribution in [3.8, 4) is 0 Å². The maximum Gasteiger partial charge on any atom is 0.341 e. The molecule has 0 aliphatic rings. The van der Waals surface area contributed by atoms with Gasteiger partial charge < -0.3 is 0 Å². The molecule has 0 aromatic carbocycles. The molecule has 0 unspecified atom stereocenters. The average molecular weight is 474 g/mol. The molecule has 0 heterocycles. The Morgan fingerprint density at radius 1 is 0.444 bits per heavy atom. The summed E-state index contributed by atoms with van der Waals surface area (Å²) in [7, 11) is -0.922. The fourth-order valence-electron chi connectivity index (χ4n) is 3.85. The Morgan fingerprint density at radius 2 is 0.741 bits per heavy atom. The van der Waals surface area contributed by atoms with Gasteiger partial charge in [0, 0.05) is 8.07 Å². The molecule has 0 radical (unpaired) electrons. The van der Waals surface area contributed by atoms with Gasteiger partial charge in [-0.2, -0.15) is 0 Å². The Kier molecular flexibility index (Phi) is 19.0. The summed E-state index contributed by atoms with van der Waals surface area (Å²) < 4.78 is 0. The Balaban J connectivity index is 3.37. The molecule has 0 aliphatic carbocycles. The fraction of sp³-hybridized carbons (Fsp3) is 1.00. The first-order valence-corrected chi connectivity index (χ1v) is 20.5. The second kappa shape index (κ2) is 18.1. The van der Waals surface area contributed by atoms with Crippen molar-refractivity contribution < 1.29 is 0 Å². The largest absolute Gasteiger partial charge is 0.341 e. The third kappa shape index (κ3) is 23.5. The molecule has 164 valence electrons. The van der Waals surface area contributed by atoms with Crippen LogP contribution in [0.15, 0.2) is 0 Å². The van der Waals surface area contributed by atoms with Crippen LogP contribution in [0.4, 0.5) is 0 Å². The van der Waals surface area contributed by atoms with Gasteiger partial charge >= 0.3 is 6.00 Å². The number of unbranched alkanes of at least 4 members (excludes halogenated alkanes) is 14. The van der Waals surface area contributed by atoms with Crippen molar-refractivity contribution in [2.45, 2.75) is 141 Å². The predicted molar refractivity (Wildman–Crippen MR) is 135 cm³/mol. The van der Waals surface area contributed by atoms with E-state index < -0.39 is 14.1 Å². The first kappa shape index (κ1) is 28.3. The van der Waals surface area contributed by atoms with E-state index in [9.17, 15) is 0 Å². The minimum atomic E-state index is -2.36. The topological polar surface area (TPSA) is 0 Å². The molecule has 0 rings (SSSR count). The summed E-state index contributed by atoms with van der Waals surface area (Å²) in [4.78, 5) is 0. The molecule has 0 amide bonds. The lowest BCUT2D eigenvalue weighted by Gasteiger charge is -2.22. The highest BCUT2D eigenvalue weighted by Crippen LogP contribution is 2.28. The van der Waals surface area contributed by atoms with Crippen molar-refractivity contribution in [1.29, 1.82) is 0 Å². The maximum absolute atomic E-state index is 5.91. The molecule has 0 saturated heterocycles. The lowest BCUT2D eigenvalue weighted by atomic mass is 10.1. The molecule has 0 aromatic heterocycles. The Morgan fingerprint density at radius 3 is 1.07 bits per heavy atom. The molecule has 0 aromatic rings. The first-order valence-electron chi connectivity index (χ1n) is 11.8. The van der Waals surface area contributed by atoms with Gasteiger partial charge in [0.2, 0.25) is 0 Å². The molecule has 0 aliphatic heterocycles. The zero-order chi connectivity index (χ0) is 20.4. The zero-order valence-electron chi connectivity index (χ0n) is 18.6. The van der Waals surface area contributed by atoms with Crippen LogP contribution in [0.3, 0.4) is 0 Å². The van der Waals surface area contributed by atoms with Gasteiger partial charge in [0.15, 0.2) is 0 Å². The van der Waals surface area contributed by atoms with E-state index in [1.54, 1.807) is 6.04 Å². The third-order valence-corrected chi connectivity index (χ3v) is 11.8. The van der Waals surface area contributed by atoms with Crippen molar-refractivity contribution >= 4 is 47.3 Å². The number of halogens is 3. The van der Waals surface area contributed by atoms with Gasteiger partial charge in [0.1, 0.15) is 0 Å². The smallest absolute Gasteiger partial charge is 0.126 e. The average Bonchev–Trinajstić information content (AvgIpc) is 2.58. The highest BCUT2D eigenvalue weighted by atomic mass is 35.8. The van der Waals surface area contributed by atoms with Crippen LogP contribution in [0, 0.1) is 0 Å². The van der Waals surface area contributed by atoms with E-state index in [-0.39, 0.29) is 0 Å². The van der Waals surface area contributed by atoms with Crippen molar-refractivity contribution in [2.24, 2.45) is 0 Å². The second-order valence-corrected chi connectivity index (χ2v) is 23.9. The maximum atomic E-state index is 5.91. The van der Waals surface area contributed by atoms with Crippen LogP contribution in [-0.2, 0) is 0 Å². The minimum absolute atomic E-state index is 0.830. The molecule has 0 fully saturated rings. The highest BCUT2D eigenvalue weighted by molar-refractivity contribution is 7.64. The first-order chi connectivity index (χ1) is 12.8. The second-order valence-electron chi connectivity index (χ2n) is 9.33. The van der Waals surface area contributed by atoms with E-state index in [4.69, 9.17) is 33.2 Å². The molecular weight excluding hydrogens is 427 g/mol. The summed E-state index contributed by atoms with van der Waals surface area (Å²) in [5.41, 5.74) is 0. The Bertz CT molecular complexity index is 317. The van der Waals surface area contributed by atoms with Crippen LogP contribution in [0.1, 0.15) is 110 Å². The SMILES string of the molecule is CCCCCCCCCC[Si](C)(C)CCCCCCCCCC[Si](Cl)(Cl)Cl. The predicted octanol–water partition coefficient (Wildman–Crippen LogP) is 10.6. The Labute approximate surface area is 187 Å². The molecular formula is C22H47Cl3Si2. The molecule has 0 bridgehead atoms. The van der Waals surface area contributed by atoms with E-state index >= 15 is 0 Å². The van der Waals surface area contributed by atoms with Crippen LogP contribution < -0.4 is 0 Å². The quantitative estimate of drug-likeness (QED) is 0.0936. The molecule has 0 spiro atoms. The van der Waals surface area contributed by atoms with Crippen LogP contribution in [0.5, 0.6) is 0 Å². The molecule has 0 nitrogen and oxygen atoms in total. The monoisotopic (exact) mass is 472 g/mol. The van der Waals surface area contributed by atoms with Crippen LogP contribution in [0.25, 0.3) is 0 Å². The standard InChI is InChI=1S/C22H47Cl3Si2/c1-4-5-6-7-8-11-14-17-20-26(2,3)21-18-15-12-9-10-13-16-19-22-27(23,24)25/h4-22H2,1-3H3. The van der Waals surface area contributed by atoms with E-state index in [2.05, 4.69) is 20.0 Å². The zero-order valence-corrected chi connectivity index (χ0v) is 22.8. The van der Waals surface area contributed by atoms with Crippen LogP contribution >= 0.6 is 33.2 Å². The van der Waals surface area contributed by atoms with Crippen molar-refractivity contribution in [3.63, 3.8) is 0 Å². The van der Waals surface area contributed by atoms with Crippen LogP contribution in [-0.4, -0.2) is 14.1 Å². The van der Waals surface area contributed by atoms with Gasteiger partial charge in [-0.1, -0.05) is 135 Å². The van der Waals surface area contributed by atoms with E-state index in [0.717, 1.165) is 12.5 Å². The molecule has 27 heavy (non-hydrogen) atoms. The van der Waals surface area contributed by atoms with Crippen LogP contribution in [0.2, 0.25) is 31.2 Å². The van der Waals surface area contributed by atoms with Crippen molar-refractivity contribution in [2.75, 3.05) is 0 Å². The normalized spacial score (nSPS) is 12.7. The fourth-order valence-corrected chi connectivity index (χ4v) is 8.37. The van der Waals surface area contributed by atoms with Gasteiger partial charge in [-0.3, -0.25) is 0 Å². The lowest BCUT2D eigenvalue weighted by Crippen LogP contribution is -2.24. The molecule has 5 heteroatoms. The lowest BCUT2D eigenvalue weighted by molar-refractivity contribution is 0.579. The summed E-state index contributed by atoms with van der Waals surface area (Å²) in [5, 5.41) is 0. The van der Waals surface area contributed by atoms with E-state index in [0.29, 0.717) is 0 Å². The summed E-state index contributed by atoms with van der Waals surface area (Å²) in [6.07, 6.45) is 22.3. The van der Waals surface area contributed by atoms with Gasteiger partial charge in [0.25, 0.3) is 0 Å². The van der Waals surface area contributed by atoms with Gasteiger partial charge in [0.05, 0.1) is 0 Å². The van der Waals surface area contributed by atoms with Crippen molar-refractivity contribution in [1.82, 2.24) is 0 Å².